The molecule has 0 saturated carbocycles. The molecule has 0 radical (unpaired) electrons. The zero-order chi connectivity index (χ0) is 16.4. The van der Waals surface area contributed by atoms with Crippen LogP contribution in [0.2, 0.25) is 0 Å². The first-order valence-electron chi connectivity index (χ1n) is 7.49. The van der Waals surface area contributed by atoms with Crippen molar-refractivity contribution in [2.24, 2.45) is 0 Å². The number of nitrogens with zero attached hydrogens (tertiary/aromatic N) is 2. The molecule has 0 aliphatic rings. The molecule has 0 aliphatic heterocycles. The van der Waals surface area contributed by atoms with Gasteiger partial charge in [0.2, 0.25) is 0 Å². The average molecular weight is 313 g/mol. The molecule has 120 valence electrons. The van der Waals surface area contributed by atoms with Crippen LogP contribution in [0, 0.1) is 6.92 Å². The van der Waals surface area contributed by atoms with E-state index < -0.39 is 0 Å². The van der Waals surface area contributed by atoms with E-state index in [1.165, 1.54) is 0 Å². The molecule has 1 N–H and O–H groups in total. The Morgan fingerprint density at radius 3 is 2.96 bits per heavy atom. The topological polar surface area (TPSA) is 69.3 Å². The smallest absolute Gasteiger partial charge is 0.251 e. The summed E-state index contributed by atoms with van der Waals surface area (Å²) >= 11 is 0. The van der Waals surface area contributed by atoms with Crippen molar-refractivity contribution in [3.8, 4) is 5.75 Å². The second-order valence-corrected chi connectivity index (χ2v) is 5.29. The number of carbonyl (C=O) groups is 1. The number of fused-ring (bicyclic) bond motifs is 1. The zero-order valence-corrected chi connectivity index (χ0v) is 13.4. The van der Waals surface area contributed by atoms with Crippen LogP contribution in [-0.4, -0.2) is 22.8 Å². The van der Waals surface area contributed by atoms with Crippen LogP contribution in [0.1, 0.15) is 28.7 Å². The molecule has 1 amide bonds. The third-order valence-corrected chi connectivity index (χ3v) is 3.73. The molecule has 3 rings (SSSR count). The Morgan fingerprint density at radius 2 is 2.22 bits per heavy atom. The van der Waals surface area contributed by atoms with Gasteiger partial charge < -0.3 is 14.5 Å². The first-order chi connectivity index (χ1) is 11.1. The van der Waals surface area contributed by atoms with Gasteiger partial charge in [0.25, 0.3) is 5.91 Å². The molecule has 2 heterocycles. The predicted octanol–water partition coefficient (Wildman–Crippen LogP) is 2.90. The van der Waals surface area contributed by atoms with Crippen molar-refractivity contribution in [1.82, 2.24) is 15.1 Å². The van der Waals surface area contributed by atoms with Crippen molar-refractivity contribution in [2.75, 3.05) is 7.11 Å². The average Bonchev–Trinajstić information content (AvgIpc) is 3.17. The number of ether oxygens (including phenoxy) is 1. The van der Waals surface area contributed by atoms with Crippen molar-refractivity contribution >= 4 is 16.9 Å². The van der Waals surface area contributed by atoms with Gasteiger partial charge in [0, 0.05) is 12.1 Å². The third kappa shape index (κ3) is 2.92. The fourth-order valence-electron chi connectivity index (χ4n) is 2.63. The third-order valence-electron chi connectivity index (χ3n) is 3.73. The summed E-state index contributed by atoms with van der Waals surface area (Å²) in [6.07, 6.45) is 1.58. The van der Waals surface area contributed by atoms with Crippen molar-refractivity contribution < 1.29 is 13.9 Å². The maximum atomic E-state index is 12.4. The number of aryl methyl sites for hydroxylation is 2. The number of furan rings is 1. The quantitative estimate of drug-likeness (QED) is 0.786. The fraction of sp³-hybridized carbons (Fsp3) is 0.294. The lowest BCUT2D eigenvalue weighted by molar-refractivity contribution is 0.0949. The molecule has 0 saturated heterocycles. The van der Waals surface area contributed by atoms with Gasteiger partial charge in [0.1, 0.15) is 11.3 Å². The van der Waals surface area contributed by atoms with Gasteiger partial charge in [-0.1, -0.05) is 0 Å². The number of hydrogen-bond acceptors (Lipinski definition) is 4. The number of rotatable bonds is 5. The molecule has 0 fully saturated rings. The molecular weight excluding hydrogens is 294 g/mol. The molecular formula is C17H19N3O3. The summed E-state index contributed by atoms with van der Waals surface area (Å²) < 4.78 is 12.6. The maximum absolute atomic E-state index is 12.4. The predicted molar refractivity (Wildman–Crippen MR) is 86.6 cm³/mol. The lowest BCUT2D eigenvalue weighted by Gasteiger charge is -2.08. The monoisotopic (exact) mass is 313 g/mol. The molecule has 1 aromatic carbocycles. The minimum Gasteiger partial charge on any atom is -0.496 e. The summed E-state index contributed by atoms with van der Waals surface area (Å²) in [5.41, 5.74) is 3.05. The van der Waals surface area contributed by atoms with Crippen molar-refractivity contribution in [1.29, 1.82) is 0 Å². The minimum atomic E-state index is -0.178. The number of carbonyl (C=O) groups excluding carboxylic acids is 1. The van der Waals surface area contributed by atoms with E-state index >= 15 is 0 Å². The molecule has 0 aliphatic carbocycles. The molecule has 0 bridgehead atoms. The van der Waals surface area contributed by atoms with E-state index in [-0.39, 0.29) is 5.91 Å². The summed E-state index contributed by atoms with van der Waals surface area (Å²) in [6, 6.07) is 7.23. The van der Waals surface area contributed by atoms with Crippen LogP contribution in [0.4, 0.5) is 0 Å². The SMILES string of the molecule is CCn1nc(C)cc1CNC(=O)c1cc(OC)c2ccoc2c1. The highest BCUT2D eigenvalue weighted by Crippen LogP contribution is 2.28. The van der Waals surface area contributed by atoms with E-state index in [4.69, 9.17) is 9.15 Å². The summed E-state index contributed by atoms with van der Waals surface area (Å²) in [5, 5.41) is 8.14. The summed E-state index contributed by atoms with van der Waals surface area (Å²) in [4.78, 5) is 12.4. The highest BCUT2D eigenvalue weighted by atomic mass is 16.5. The van der Waals surface area contributed by atoms with Crippen LogP contribution in [0.25, 0.3) is 11.0 Å². The largest absolute Gasteiger partial charge is 0.496 e. The Hall–Kier alpha value is -2.76. The lowest BCUT2D eigenvalue weighted by Crippen LogP contribution is -2.24. The van der Waals surface area contributed by atoms with Gasteiger partial charge in [0.15, 0.2) is 0 Å². The summed E-state index contributed by atoms with van der Waals surface area (Å²) in [5.74, 6) is 0.443. The maximum Gasteiger partial charge on any atom is 0.251 e. The van der Waals surface area contributed by atoms with Gasteiger partial charge in [-0.3, -0.25) is 9.48 Å². The summed E-state index contributed by atoms with van der Waals surface area (Å²) in [7, 11) is 1.58. The Balaban J connectivity index is 1.80. The minimum absolute atomic E-state index is 0.178. The van der Waals surface area contributed by atoms with Crippen LogP contribution < -0.4 is 10.1 Å². The van der Waals surface area contributed by atoms with Gasteiger partial charge in [-0.05, 0) is 38.1 Å². The van der Waals surface area contributed by atoms with Crippen LogP contribution in [0.5, 0.6) is 5.75 Å². The normalized spacial score (nSPS) is 10.9. The molecule has 3 aromatic rings. The Labute approximate surface area is 134 Å². The molecule has 0 unspecified atom stereocenters. The van der Waals surface area contributed by atoms with Crippen molar-refractivity contribution in [3.63, 3.8) is 0 Å². The van der Waals surface area contributed by atoms with E-state index in [2.05, 4.69) is 10.4 Å². The summed E-state index contributed by atoms with van der Waals surface area (Å²) in [6.45, 7) is 5.15. The Kier molecular flexibility index (Phi) is 4.06. The molecule has 2 aromatic heterocycles. The highest BCUT2D eigenvalue weighted by molar-refractivity contribution is 5.99. The number of methoxy groups -OCH3 is 1. The van der Waals surface area contributed by atoms with E-state index in [9.17, 15) is 4.79 Å². The first-order valence-corrected chi connectivity index (χ1v) is 7.49. The molecule has 6 nitrogen and oxygen atoms in total. The molecule has 0 atom stereocenters. The standard InChI is InChI=1S/C17H19N3O3/c1-4-20-13(7-11(2)19-20)10-18-17(21)12-8-15(22-3)14-5-6-23-16(14)9-12/h5-9H,4,10H2,1-3H3,(H,18,21). The van der Waals surface area contributed by atoms with E-state index in [1.54, 1.807) is 25.5 Å². The van der Waals surface area contributed by atoms with E-state index in [0.717, 1.165) is 23.3 Å². The Morgan fingerprint density at radius 1 is 1.39 bits per heavy atom. The van der Waals surface area contributed by atoms with E-state index in [0.29, 0.717) is 23.4 Å². The van der Waals surface area contributed by atoms with Crippen LogP contribution >= 0.6 is 0 Å². The van der Waals surface area contributed by atoms with Crippen LogP contribution in [0.3, 0.4) is 0 Å². The first kappa shape index (κ1) is 15.1. The fourth-order valence-corrected chi connectivity index (χ4v) is 2.63. The van der Waals surface area contributed by atoms with Gasteiger partial charge in [-0.2, -0.15) is 5.10 Å². The second-order valence-electron chi connectivity index (χ2n) is 5.29. The number of aromatic nitrogens is 2. The molecule has 6 heteroatoms. The molecule has 0 spiro atoms. The lowest BCUT2D eigenvalue weighted by atomic mass is 10.1. The van der Waals surface area contributed by atoms with Gasteiger partial charge in [-0.25, -0.2) is 0 Å². The number of amides is 1. The number of benzene rings is 1. The van der Waals surface area contributed by atoms with Gasteiger partial charge in [0.05, 0.1) is 36.7 Å². The van der Waals surface area contributed by atoms with Crippen LogP contribution in [-0.2, 0) is 13.1 Å². The van der Waals surface area contributed by atoms with Gasteiger partial charge >= 0.3 is 0 Å². The second kappa shape index (κ2) is 6.16. The Bertz CT molecular complexity index is 848. The highest BCUT2D eigenvalue weighted by Gasteiger charge is 2.13. The molecule has 23 heavy (non-hydrogen) atoms. The number of nitrogens with one attached hydrogen (secondary N) is 1. The van der Waals surface area contributed by atoms with Crippen molar-refractivity contribution in [2.45, 2.75) is 26.9 Å². The zero-order valence-electron chi connectivity index (χ0n) is 13.4. The van der Waals surface area contributed by atoms with Gasteiger partial charge in [-0.15, -0.1) is 0 Å². The van der Waals surface area contributed by atoms with E-state index in [1.807, 2.05) is 30.7 Å². The van der Waals surface area contributed by atoms with Crippen molar-refractivity contribution in [3.05, 3.63) is 47.5 Å². The van der Waals surface area contributed by atoms with Crippen LogP contribution in [0.15, 0.2) is 34.9 Å². The number of hydrogen-bond donors (Lipinski definition) is 1.